The molecule has 3 aliphatic rings. The molecule has 6 heteroatoms. The Labute approximate surface area is 123 Å². The van der Waals surface area contributed by atoms with Crippen LogP contribution in [0, 0.1) is 5.92 Å². The van der Waals surface area contributed by atoms with Gasteiger partial charge in [-0.15, -0.1) is 5.10 Å². The number of nitrogens with zero attached hydrogens (tertiary/aromatic N) is 3. The summed E-state index contributed by atoms with van der Waals surface area (Å²) in [5.41, 5.74) is -0.548. The molecule has 2 atom stereocenters. The SMILES string of the molecule is O=C(c1n[nH]c(C2CC2)n1)N1CCC2(O)CCCCC2C1. The van der Waals surface area contributed by atoms with Gasteiger partial charge in [0.05, 0.1) is 5.60 Å². The molecule has 21 heavy (non-hydrogen) atoms. The van der Waals surface area contributed by atoms with Crippen molar-refractivity contribution in [2.45, 2.75) is 56.5 Å². The zero-order chi connectivity index (χ0) is 14.4. The van der Waals surface area contributed by atoms with Gasteiger partial charge in [-0.1, -0.05) is 12.8 Å². The molecule has 2 aliphatic carbocycles. The second kappa shape index (κ2) is 4.80. The van der Waals surface area contributed by atoms with Crippen LogP contribution in [0.25, 0.3) is 0 Å². The lowest BCUT2D eigenvalue weighted by Crippen LogP contribution is -2.54. The van der Waals surface area contributed by atoms with Gasteiger partial charge in [0.25, 0.3) is 5.91 Å². The quantitative estimate of drug-likeness (QED) is 0.863. The Balaban J connectivity index is 1.47. The van der Waals surface area contributed by atoms with Crippen LogP contribution in [-0.2, 0) is 0 Å². The Hall–Kier alpha value is -1.43. The van der Waals surface area contributed by atoms with Crippen LogP contribution < -0.4 is 0 Å². The third kappa shape index (κ3) is 2.35. The van der Waals surface area contributed by atoms with Crippen molar-refractivity contribution < 1.29 is 9.90 Å². The van der Waals surface area contributed by atoms with Crippen molar-refractivity contribution >= 4 is 5.91 Å². The van der Waals surface area contributed by atoms with Gasteiger partial charge >= 0.3 is 0 Å². The topological polar surface area (TPSA) is 82.1 Å². The van der Waals surface area contributed by atoms with Crippen molar-refractivity contribution in [3.8, 4) is 0 Å². The summed E-state index contributed by atoms with van der Waals surface area (Å²) in [5.74, 6) is 1.74. The fourth-order valence-electron chi connectivity index (χ4n) is 3.81. The number of carbonyl (C=O) groups excluding carboxylic acids is 1. The van der Waals surface area contributed by atoms with Crippen molar-refractivity contribution in [2.75, 3.05) is 13.1 Å². The molecule has 1 aromatic rings. The average molecular weight is 290 g/mol. The van der Waals surface area contributed by atoms with Gasteiger partial charge in [-0.25, -0.2) is 4.98 Å². The van der Waals surface area contributed by atoms with E-state index in [1.165, 1.54) is 0 Å². The molecular weight excluding hydrogens is 268 g/mol. The van der Waals surface area contributed by atoms with Crippen LogP contribution in [0.5, 0.6) is 0 Å². The van der Waals surface area contributed by atoms with E-state index in [-0.39, 0.29) is 17.6 Å². The number of likely N-dealkylation sites (tertiary alicyclic amines) is 1. The number of nitrogens with one attached hydrogen (secondary N) is 1. The molecule has 0 bridgehead atoms. The molecule has 6 nitrogen and oxygen atoms in total. The number of aromatic nitrogens is 3. The van der Waals surface area contributed by atoms with Gasteiger partial charge in [-0.3, -0.25) is 9.89 Å². The fourth-order valence-corrected chi connectivity index (χ4v) is 3.81. The number of carbonyl (C=O) groups is 1. The number of fused-ring (bicyclic) bond motifs is 1. The van der Waals surface area contributed by atoms with E-state index in [9.17, 15) is 9.90 Å². The van der Waals surface area contributed by atoms with Crippen LogP contribution in [-0.4, -0.2) is 49.8 Å². The van der Waals surface area contributed by atoms with Crippen LogP contribution in [0.1, 0.15) is 67.3 Å². The monoisotopic (exact) mass is 290 g/mol. The second-order valence-corrected chi connectivity index (χ2v) is 6.87. The molecule has 2 unspecified atom stereocenters. The molecule has 2 saturated carbocycles. The molecule has 1 aliphatic heterocycles. The van der Waals surface area contributed by atoms with E-state index in [2.05, 4.69) is 15.2 Å². The molecule has 0 radical (unpaired) electrons. The summed E-state index contributed by atoms with van der Waals surface area (Å²) >= 11 is 0. The highest BCUT2D eigenvalue weighted by atomic mass is 16.3. The minimum Gasteiger partial charge on any atom is -0.389 e. The van der Waals surface area contributed by atoms with Crippen LogP contribution in [0.2, 0.25) is 0 Å². The highest BCUT2D eigenvalue weighted by molar-refractivity contribution is 5.90. The average Bonchev–Trinajstić information content (AvgIpc) is 3.23. The van der Waals surface area contributed by atoms with Gasteiger partial charge in [-0.2, -0.15) is 0 Å². The molecule has 114 valence electrons. The van der Waals surface area contributed by atoms with Crippen molar-refractivity contribution in [2.24, 2.45) is 5.92 Å². The summed E-state index contributed by atoms with van der Waals surface area (Å²) in [7, 11) is 0. The maximum Gasteiger partial charge on any atom is 0.293 e. The number of hydrogen-bond donors (Lipinski definition) is 2. The van der Waals surface area contributed by atoms with Crippen LogP contribution in [0.15, 0.2) is 0 Å². The Bertz CT molecular complexity index is 554. The van der Waals surface area contributed by atoms with Crippen molar-refractivity contribution in [3.05, 3.63) is 11.6 Å². The largest absolute Gasteiger partial charge is 0.389 e. The number of aromatic amines is 1. The summed E-state index contributed by atoms with van der Waals surface area (Å²) in [5, 5.41) is 17.6. The van der Waals surface area contributed by atoms with E-state index in [0.717, 1.165) is 44.3 Å². The molecule has 2 N–H and O–H groups in total. The van der Waals surface area contributed by atoms with Crippen LogP contribution in [0.4, 0.5) is 0 Å². The molecule has 0 aromatic carbocycles. The van der Waals surface area contributed by atoms with Gasteiger partial charge < -0.3 is 10.0 Å². The van der Waals surface area contributed by atoms with Gasteiger partial charge in [-0.05, 0) is 32.1 Å². The first-order valence-corrected chi connectivity index (χ1v) is 8.10. The van der Waals surface area contributed by atoms with Crippen molar-refractivity contribution in [3.63, 3.8) is 0 Å². The third-order valence-electron chi connectivity index (χ3n) is 5.37. The van der Waals surface area contributed by atoms with E-state index >= 15 is 0 Å². The van der Waals surface area contributed by atoms with Crippen LogP contribution >= 0.6 is 0 Å². The maximum absolute atomic E-state index is 12.5. The van der Waals surface area contributed by atoms with Crippen molar-refractivity contribution in [1.82, 2.24) is 20.1 Å². The fraction of sp³-hybridized carbons (Fsp3) is 0.800. The Morgan fingerprint density at radius 3 is 2.95 bits per heavy atom. The number of H-pyrrole nitrogens is 1. The van der Waals surface area contributed by atoms with Crippen LogP contribution in [0.3, 0.4) is 0 Å². The lowest BCUT2D eigenvalue weighted by molar-refractivity contribution is -0.0887. The predicted octanol–water partition coefficient (Wildman–Crippen LogP) is 1.45. The minimum atomic E-state index is -0.548. The smallest absolute Gasteiger partial charge is 0.293 e. The number of piperidine rings is 1. The Kier molecular flexibility index (Phi) is 3.03. The van der Waals surface area contributed by atoms with Gasteiger partial charge in [0.15, 0.2) is 0 Å². The van der Waals surface area contributed by atoms with Gasteiger partial charge in [0, 0.05) is 24.9 Å². The van der Waals surface area contributed by atoms with E-state index < -0.39 is 5.60 Å². The number of aliphatic hydroxyl groups is 1. The summed E-state index contributed by atoms with van der Waals surface area (Å²) in [4.78, 5) is 18.7. The van der Waals surface area contributed by atoms with E-state index in [0.29, 0.717) is 25.4 Å². The Morgan fingerprint density at radius 1 is 1.29 bits per heavy atom. The highest BCUT2D eigenvalue weighted by Crippen LogP contribution is 2.40. The van der Waals surface area contributed by atoms with Gasteiger partial charge in [0.1, 0.15) is 5.82 Å². The molecule has 4 rings (SSSR count). The molecule has 0 spiro atoms. The van der Waals surface area contributed by atoms with E-state index in [1.54, 1.807) is 0 Å². The second-order valence-electron chi connectivity index (χ2n) is 6.87. The molecule has 1 saturated heterocycles. The first-order valence-electron chi connectivity index (χ1n) is 8.10. The zero-order valence-electron chi connectivity index (χ0n) is 12.2. The molecule has 2 heterocycles. The Morgan fingerprint density at radius 2 is 2.14 bits per heavy atom. The summed E-state index contributed by atoms with van der Waals surface area (Å²) < 4.78 is 0. The molecular formula is C15H22N4O2. The number of rotatable bonds is 2. The zero-order valence-corrected chi connectivity index (χ0v) is 12.2. The van der Waals surface area contributed by atoms with E-state index in [1.807, 2.05) is 4.90 Å². The maximum atomic E-state index is 12.5. The lowest BCUT2D eigenvalue weighted by Gasteiger charge is -2.47. The highest BCUT2D eigenvalue weighted by Gasteiger charge is 2.44. The van der Waals surface area contributed by atoms with E-state index in [4.69, 9.17) is 0 Å². The summed E-state index contributed by atoms with van der Waals surface area (Å²) in [6.45, 7) is 1.25. The minimum absolute atomic E-state index is 0.0919. The molecule has 1 amide bonds. The predicted molar refractivity (Wildman–Crippen MR) is 75.8 cm³/mol. The first kappa shape index (κ1) is 13.2. The third-order valence-corrected chi connectivity index (χ3v) is 5.37. The number of amides is 1. The first-order chi connectivity index (χ1) is 10.2. The molecule has 1 aromatic heterocycles. The summed E-state index contributed by atoms with van der Waals surface area (Å²) in [6, 6.07) is 0. The molecule has 3 fully saturated rings. The standard InChI is InChI=1S/C15H22N4O2/c20-14(13-16-12(17-18-13)10-4-5-10)19-8-7-15(21)6-2-1-3-11(15)9-19/h10-11,21H,1-9H2,(H,16,17,18). The van der Waals surface area contributed by atoms with Crippen molar-refractivity contribution in [1.29, 1.82) is 0 Å². The summed E-state index contributed by atoms with van der Waals surface area (Å²) in [6.07, 6.45) is 7.12. The normalized spacial score (nSPS) is 32.8. The lowest BCUT2D eigenvalue weighted by atomic mass is 9.71. The van der Waals surface area contributed by atoms with Gasteiger partial charge in [0.2, 0.25) is 5.82 Å². The number of hydrogen-bond acceptors (Lipinski definition) is 4.